The predicted molar refractivity (Wildman–Crippen MR) is 99.0 cm³/mol. The van der Waals surface area contributed by atoms with Gasteiger partial charge in [0.2, 0.25) is 0 Å². The van der Waals surface area contributed by atoms with Gasteiger partial charge in [0.25, 0.3) is 5.91 Å². The van der Waals surface area contributed by atoms with E-state index in [1.165, 1.54) is 4.88 Å². The molecule has 0 radical (unpaired) electrons. The average Bonchev–Trinajstić information content (AvgIpc) is 3.07. The molecule has 1 amide bonds. The normalized spacial score (nSPS) is 15.2. The highest BCUT2D eigenvalue weighted by atomic mass is 35.5. The molecule has 1 aliphatic rings. The van der Waals surface area contributed by atoms with Crippen LogP contribution in [-0.4, -0.2) is 25.0 Å². The number of benzene rings is 1. The summed E-state index contributed by atoms with van der Waals surface area (Å²) in [5.41, 5.74) is 0.285. The van der Waals surface area contributed by atoms with Crippen LogP contribution in [0.4, 0.5) is 0 Å². The summed E-state index contributed by atoms with van der Waals surface area (Å²) in [6, 6.07) is 11.3. The van der Waals surface area contributed by atoms with Crippen LogP contribution in [0.5, 0.6) is 0 Å². The van der Waals surface area contributed by atoms with E-state index in [4.69, 9.17) is 16.3 Å². The average molecular weight is 378 g/mol. The Labute approximate surface area is 156 Å². The maximum Gasteiger partial charge on any atom is 0.317 e. The Morgan fingerprint density at radius 2 is 1.96 bits per heavy atom. The highest BCUT2D eigenvalue weighted by Gasteiger charge is 2.47. The smallest absolute Gasteiger partial charge is 0.317 e. The molecule has 3 rings (SSSR count). The molecule has 0 saturated heterocycles. The van der Waals surface area contributed by atoms with Crippen molar-refractivity contribution in [2.45, 2.75) is 31.1 Å². The number of carbonyl (C=O) groups is 2. The molecule has 0 atom stereocenters. The number of thiophene rings is 1. The summed E-state index contributed by atoms with van der Waals surface area (Å²) in [5, 5.41) is 5.43. The molecule has 132 valence electrons. The Morgan fingerprint density at radius 1 is 1.20 bits per heavy atom. The maximum absolute atomic E-state index is 12.6. The Bertz CT molecular complexity index is 724. The monoisotopic (exact) mass is 377 g/mol. The lowest BCUT2D eigenvalue weighted by atomic mass is 9.64. The molecule has 1 saturated carbocycles. The van der Waals surface area contributed by atoms with E-state index in [1.54, 1.807) is 23.5 Å². The van der Waals surface area contributed by atoms with Crippen LogP contribution in [0.25, 0.3) is 0 Å². The number of amides is 1. The predicted octanol–water partition coefficient (Wildman–Crippen LogP) is 3.73. The van der Waals surface area contributed by atoms with Crippen molar-refractivity contribution in [1.82, 2.24) is 5.32 Å². The minimum absolute atomic E-state index is 0.237. The van der Waals surface area contributed by atoms with Gasteiger partial charge in [0.15, 0.2) is 6.61 Å². The second kappa shape index (κ2) is 8.02. The van der Waals surface area contributed by atoms with Crippen LogP contribution >= 0.6 is 22.9 Å². The molecule has 2 aromatic rings. The zero-order valence-electron chi connectivity index (χ0n) is 13.8. The SMILES string of the molecule is O=C(COC(=O)C1(c2ccc(Cl)cc2)CCC1)NCCc1cccs1. The van der Waals surface area contributed by atoms with E-state index in [0.29, 0.717) is 11.6 Å². The molecule has 0 bridgehead atoms. The van der Waals surface area contributed by atoms with Crippen LogP contribution < -0.4 is 5.32 Å². The second-order valence-corrected chi connectivity index (χ2v) is 7.67. The molecule has 1 heterocycles. The standard InChI is InChI=1S/C19H20ClNO3S/c20-15-6-4-14(5-7-15)19(9-2-10-19)18(23)24-13-17(22)21-11-8-16-3-1-12-25-16/h1,3-7,12H,2,8-11,13H2,(H,21,22). The fourth-order valence-electron chi connectivity index (χ4n) is 3.01. The zero-order valence-corrected chi connectivity index (χ0v) is 15.4. The topological polar surface area (TPSA) is 55.4 Å². The summed E-state index contributed by atoms with van der Waals surface area (Å²) in [6.07, 6.45) is 3.25. The van der Waals surface area contributed by atoms with Gasteiger partial charge in [-0.2, -0.15) is 0 Å². The van der Waals surface area contributed by atoms with E-state index in [1.807, 2.05) is 29.6 Å². The molecule has 0 unspecified atom stereocenters. The number of esters is 1. The van der Waals surface area contributed by atoms with E-state index in [9.17, 15) is 9.59 Å². The van der Waals surface area contributed by atoms with Crippen molar-refractivity contribution >= 4 is 34.8 Å². The minimum atomic E-state index is -0.623. The molecule has 0 aliphatic heterocycles. The molecular weight excluding hydrogens is 358 g/mol. The summed E-state index contributed by atoms with van der Waals surface area (Å²) < 4.78 is 5.30. The summed E-state index contributed by atoms with van der Waals surface area (Å²) in [5.74, 6) is -0.593. The Hall–Kier alpha value is -1.85. The fourth-order valence-corrected chi connectivity index (χ4v) is 3.85. The molecule has 1 aromatic carbocycles. The summed E-state index contributed by atoms with van der Waals surface area (Å²) >= 11 is 7.58. The Balaban J connectivity index is 1.49. The van der Waals surface area contributed by atoms with Gasteiger partial charge in [-0.05, 0) is 48.4 Å². The lowest BCUT2D eigenvalue weighted by Gasteiger charge is -2.39. The van der Waals surface area contributed by atoms with Gasteiger partial charge < -0.3 is 10.1 Å². The van der Waals surface area contributed by atoms with Crippen molar-refractivity contribution in [3.05, 3.63) is 57.2 Å². The molecule has 1 N–H and O–H groups in total. The quantitative estimate of drug-likeness (QED) is 0.748. The molecule has 4 nitrogen and oxygen atoms in total. The van der Waals surface area contributed by atoms with Crippen LogP contribution in [0.2, 0.25) is 5.02 Å². The van der Waals surface area contributed by atoms with Gasteiger partial charge >= 0.3 is 5.97 Å². The van der Waals surface area contributed by atoms with Crippen LogP contribution in [0, 0.1) is 0 Å². The molecule has 0 spiro atoms. The van der Waals surface area contributed by atoms with Gasteiger partial charge in [0, 0.05) is 16.4 Å². The summed E-state index contributed by atoms with van der Waals surface area (Å²) in [4.78, 5) is 25.7. The third kappa shape index (κ3) is 4.22. The highest BCUT2D eigenvalue weighted by molar-refractivity contribution is 7.09. The largest absolute Gasteiger partial charge is 0.455 e. The van der Waals surface area contributed by atoms with Gasteiger partial charge in [-0.1, -0.05) is 36.2 Å². The zero-order chi connectivity index (χ0) is 17.7. The van der Waals surface area contributed by atoms with E-state index >= 15 is 0 Å². The first-order valence-electron chi connectivity index (χ1n) is 8.32. The van der Waals surface area contributed by atoms with Gasteiger partial charge in [0.05, 0.1) is 5.41 Å². The number of nitrogens with one attached hydrogen (secondary N) is 1. The Kier molecular flexibility index (Phi) is 5.76. The third-order valence-electron chi connectivity index (χ3n) is 4.60. The van der Waals surface area contributed by atoms with Gasteiger partial charge in [0.1, 0.15) is 0 Å². The maximum atomic E-state index is 12.6. The molecule has 1 fully saturated rings. The van der Waals surface area contributed by atoms with Crippen molar-refractivity contribution in [1.29, 1.82) is 0 Å². The van der Waals surface area contributed by atoms with Gasteiger partial charge in [-0.15, -0.1) is 11.3 Å². The lowest BCUT2D eigenvalue weighted by Crippen LogP contribution is -2.45. The highest BCUT2D eigenvalue weighted by Crippen LogP contribution is 2.45. The van der Waals surface area contributed by atoms with Crippen LogP contribution in [0.1, 0.15) is 29.7 Å². The van der Waals surface area contributed by atoms with Crippen molar-refractivity contribution < 1.29 is 14.3 Å². The van der Waals surface area contributed by atoms with E-state index in [0.717, 1.165) is 31.2 Å². The first kappa shape index (κ1) is 18.0. The van der Waals surface area contributed by atoms with Crippen LogP contribution in [0.15, 0.2) is 41.8 Å². The van der Waals surface area contributed by atoms with Gasteiger partial charge in [-0.3, -0.25) is 9.59 Å². The number of hydrogen-bond acceptors (Lipinski definition) is 4. The van der Waals surface area contributed by atoms with Crippen molar-refractivity contribution in [3.8, 4) is 0 Å². The number of rotatable bonds is 7. The molecule has 1 aromatic heterocycles. The number of carbonyl (C=O) groups excluding carboxylic acids is 2. The number of halogens is 1. The first-order valence-corrected chi connectivity index (χ1v) is 9.58. The summed E-state index contributed by atoms with van der Waals surface area (Å²) in [7, 11) is 0. The van der Waals surface area contributed by atoms with Crippen LogP contribution in [-0.2, 0) is 26.2 Å². The third-order valence-corrected chi connectivity index (χ3v) is 5.79. The Morgan fingerprint density at radius 3 is 2.56 bits per heavy atom. The molecular formula is C19H20ClNO3S. The minimum Gasteiger partial charge on any atom is -0.455 e. The number of ether oxygens (including phenoxy) is 1. The summed E-state index contributed by atoms with van der Waals surface area (Å²) in [6.45, 7) is 0.303. The van der Waals surface area contributed by atoms with Crippen molar-refractivity contribution in [3.63, 3.8) is 0 Å². The second-order valence-electron chi connectivity index (χ2n) is 6.20. The van der Waals surface area contributed by atoms with Crippen molar-refractivity contribution in [2.75, 3.05) is 13.2 Å². The van der Waals surface area contributed by atoms with Crippen molar-refractivity contribution in [2.24, 2.45) is 0 Å². The first-order chi connectivity index (χ1) is 12.1. The van der Waals surface area contributed by atoms with E-state index in [-0.39, 0.29) is 18.5 Å². The number of hydrogen-bond donors (Lipinski definition) is 1. The molecule has 1 aliphatic carbocycles. The molecule has 25 heavy (non-hydrogen) atoms. The van der Waals surface area contributed by atoms with Gasteiger partial charge in [-0.25, -0.2) is 0 Å². The lowest BCUT2D eigenvalue weighted by molar-refractivity contribution is -0.157. The van der Waals surface area contributed by atoms with E-state index < -0.39 is 5.41 Å². The molecule has 6 heteroatoms. The van der Waals surface area contributed by atoms with Crippen LogP contribution in [0.3, 0.4) is 0 Å². The fraction of sp³-hybridized carbons (Fsp3) is 0.368. The van der Waals surface area contributed by atoms with E-state index in [2.05, 4.69) is 5.32 Å².